The van der Waals surface area contributed by atoms with Crippen LogP contribution < -0.4 is 14.5 Å². The normalized spacial score (nSPS) is 11.2. The highest BCUT2D eigenvalue weighted by atomic mass is 32.1. The van der Waals surface area contributed by atoms with Gasteiger partial charge in [-0.05, 0) is 43.7 Å². The number of para-hydroxylation sites is 1. The molecular formula is C22H27FN3O2S+. The Balaban J connectivity index is 1.86. The third kappa shape index (κ3) is 5.10. The summed E-state index contributed by atoms with van der Waals surface area (Å²) in [7, 11) is 1.61. The molecule has 3 rings (SSSR count). The molecule has 0 aliphatic heterocycles. The lowest BCUT2D eigenvalue weighted by molar-refractivity contribution is -0.894. The van der Waals surface area contributed by atoms with E-state index in [1.807, 2.05) is 30.3 Å². The number of amides is 1. The maximum absolute atomic E-state index is 14.1. The van der Waals surface area contributed by atoms with Crippen molar-refractivity contribution in [1.82, 2.24) is 4.98 Å². The van der Waals surface area contributed by atoms with Crippen molar-refractivity contribution in [3.63, 3.8) is 0 Å². The molecule has 0 spiro atoms. The number of nitrogens with one attached hydrogen (secondary N) is 1. The molecule has 0 bridgehead atoms. The zero-order chi connectivity index (χ0) is 20.8. The lowest BCUT2D eigenvalue weighted by atomic mass is 10.1. The Morgan fingerprint density at radius 2 is 1.90 bits per heavy atom. The van der Waals surface area contributed by atoms with Crippen LogP contribution in [0.1, 0.15) is 19.4 Å². The van der Waals surface area contributed by atoms with Gasteiger partial charge in [-0.3, -0.25) is 9.69 Å². The van der Waals surface area contributed by atoms with Gasteiger partial charge in [0.25, 0.3) is 0 Å². The second-order valence-corrected chi connectivity index (χ2v) is 7.87. The predicted octanol–water partition coefficient (Wildman–Crippen LogP) is 2.94. The largest absolute Gasteiger partial charge is 0.497 e. The van der Waals surface area contributed by atoms with E-state index in [1.54, 1.807) is 18.1 Å². The van der Waals surface area contributed by atoms with Crippen molar-refractivity contribution < 1.29 is 18.8 Å². The van der Waals surface area contributed by atoms with E-state index < -0.39 is 0 Å². The fraction of sp³-hybridized carbons (Fsp3) is 0.364. The monoisotopic (exact) mass is 416 g/mol. The molecule has 154 valence electrons. The fourth-order valence-electron chi connectivity index (χ4n) is 3.23. The molecule has 29 heavy (non-hydrogen) atoms. The van der Waals surface area contributed by atoms with Crippen LogP contribution in [0.2, 0.25) is 0 Å². The summed E-state index contributed by atoms with van der Waals surface area (Å²) in [6.45, 7) is 7.62. The van der Waals surface area contributed by atoms with Gasteiger partial charge in [-0.15, -0.1) is 0 Å². The topological polar surface area (TPSA) is 46.9 Å². The first-order chi connectivity index (χ1) is 14.0. The summed E-state index contributed by atoms with van der Waals surface area (Å²) < 4.78 is 20.1. The lowest BCUT2D eigenvalue weighted by Crippen LogP contribution is -3.12. The van der Waals surface area contributed by atoms with Gasteiger partial charge >= 0.3 is 0 Å². The Bertz CT molecular complexity index is 954. The first-order valence-corrected chi connectivity index (χ1v) is 10.7. The molecule has 7 heteroatoms. The minimum atomic E-state index is -0.359. The van der Waals surface area contributed by atoms with Crippen molar-refractivity contribution in [2.24, 2.45) is 0 Å². The van der Waals surface area contributed by atoms with E-state index in [0.29, 0.717) is 17.2 Å². The number of nitrogens with zero attached hydrogens (tertiary/aromatic N) is 2. The number of halogens is 1. The number of fused-ring (bicyclic) bond motifs is 1. The summed E-state index contributed by atoms with van der Waals surface area (Å²) in [5.74, 6) is 0.355. The number of thiazole rings is 1. The third-order valence-electron chi connectivity index (χ3n) is 5.09. The van der Waals surface area contributed by atoms with Crippen molar-refractivity contribution in [3.8, 4) is 5.75 Å². The number of aromatic nitrogens is 1. The van der Waals surface area contributed by atoms with Gasteiger partial charge in [0.1, 0.15) is 17.1 Å². The zero-order valence-corrected chi connectivity index (χ0v) is 17.9. The number of methoxy groups -OCH3 is 1. The van der Waals surface area contributed by atoms with E-state index in [2.05, 4.69) is 18.8 Å². The summed E-state index contributed by atoms with van der Waals surface area (Å²) in [6.07, 6.45) is 0.260. The summed E-state index contributed by atoms with van der Waals surface area (Å²) in [5, 5.41) is 0.551. The van der Waals surface area contributed by atoms with Crippen LogP contribution in [0.15, 0.2) is 42.5 Å². The molecule has 1 aromatic heterocycles. The van der Waals surface area contributed by atoms with Gasteiger partial charge in [-0.1, -0.05) is 29.5 Å². The molecule has 1 heterocycles. The van der Waals surface area contributed by atoms with Gasteiger partial charge in [-0.25, -0.2) is 9.37 Å². The molecule has 0 atom stereocenters. The summed E-state index contributed by atoms with van der Waals surface area (Å²) >= 11 is 1.36. The average molecular weight is 417 g/mol. The van der Waals surface area contributed by atoms with Crippen LogP contribution in [-0.4, -0.2) is 44.2 Å². The second kappa shape index (κ2) is 9.80. The number of carbonyl (C=O) groups is 1. The first kappa shape index (κ1) is 21.2. The van der Waals surface area contributed by atoms with Crippen molar-refractivity contribution >= 4 is 32.6 Å². The maximum atomic E-state index is 14.1. The quantitative estimate of drug-likeness (QED) is 0.583. The molecule has 0 saturated carbocycles. The number of ether oxygens (including phenoxy) is 1. The molecular weight excluding hydrogens is 389 g/mol. The Morgan fingerprint density at radius 1 is 1.17 bits per heavy atom. The van der Waals surface area contributed by atoms with Crippen molar-refractivity contribution in [3.05, 3.63) is 53.8 Å². The van der Waals surface area contributed by atoms with Gasteiger partial charge < -0.3 is 9.64 Å². The number of rotatable bonds is 9. The molecule has 1 N–H and O–H groups in total. The molecule has 2 aromatic carbocycles. The molecule has 0 saturated heterocycles. The summed E-state index contributed by atoms with van der Waals surface area (Å²) in [4.78, 5) is 20.7. The lowest BCUT2D eigenvalue weighted by Gasteiger charge is -2.23. The molecule has 0 aliphatic carbocycles. The molecule has 0 aliphatic rings. The number of benzene rings is 2. The molecule has 3 aromatic rings. The molecule has 0 unspecified atom stereocenters. The summed E-state index contributed by atoms with van der Waals surface area (Å²) in [6, 6.07) is 12.4. The van der Waals surface area contributed by atoms with Crippen LogP contribution in [0.3, 0.4) is 0 Å². The van der Waals surface area contributed by atoms with Gasteiger partial charge in [0.15, 0.2) is 5.13 Å². The van der Waals surface area contributed by atoms with Crippen LogP contribution >= 0.6 is 11.3 Å². The minimum Gasteiger partial charge on any atom is -0.497 e. The molecule has 0 fully saturated rings. The summed E-state index contributed by atoms with van der Waals surface area (Å²) in [5.41, 5.74) is 1.23. The van der Waals surface area contributed by atoms with E-state index in [9.17, 15) is 9.18 Å². The van der Waals surface area contributed by atoms with Crippen molar-refractivity contribution in [2.45, 2.75) is 20.3 Å². The smallest absolute Gasteiger partial charge is 0.233 e. The predicted molar refractivity (Wildman–Crippen MR) is 116 cm³/mol. The van der Waals surface area contributed by atoms with Crippen LogP contribution in [0, 0.1) is 5.82 Å². The Kier molecular flexibility index (Phi) is 7.17. The first-order valence-electron chi connectivity index (χ1n) is 9.87. The average Bonchev–Trinajstić information content (AvgIpc) is 3.17. The highest BCUT2D eigenvalue weighted by molar-refractivity contribution is 7.22. The zero-order valence-electron chi connectivity index (χ0n) is 17.1. The maximum Gasteiger partial charge on any atom is 0.233 e. The van der Waals surface area contributed by atoms with Crippen molar-refractivity contribution in [1.29, 1.82) is 0 Å². The SMILES string of the molecule is CC[NH+](CC)CCN(C(=O)Cc1ccc(OC)cc1)c1nc2c(F)cccc2s1. The van der Waals surface area contributed by atoms with E-state index in [4.69, 9.17) is 4.74 Å². The number of hydrogen-bond donors (Lipinski definition) is 1. The van der Waals surface area contributed by atoms with Gasteiger partial charge in [0.05, 0.1) is 44.4 Å². The van der Waals surface area contributed by atoms with Crippen LogP contribution in [0.5, 0.6) is 5.75 Å². The van der Waals surface area contributed by atoms with Gasteiger partial charge in [0.2, 0.25) is 5.91 Å². The highest BCUT2D eigenvalue weighted by Crippen LogP contribution is 2.30. The molecule has 0 radical (unpaired) electrons. The van der Waals surface area contributed by atoms with Crippen LogP contribution in [0.4, 0.5) is 9.52 Å². The Morgan fingerprint density at radius 3 is 2.52 bits per heavy atom. The van der Waals surface area contributed by atoms with E-state index in [-0.39, 0.29) is 18.1 Å². The van der Waals surface area contributed by atoms with E-state index in [1.165, 1.54) is 22.3 Å². The Hall–Kier alpha value is -2.51. The van der Waals surface area contributed by atoms with E-state index in [0.717, 1.165) is 35.6 Å². The number of likely N-dealkylation sites (N-methyl/N-ethyl adjacent to an activating group) is 1. The number of carbonyl (C=O) groups excluding carboxylic acids is 1. The number of anilines is 1. The standard InChI is InChI=1S/C22H26FN3O2S/c1-4-25(5-2)13-14-26(20(27)15-16-9-11-17(28-3)12-10-16)22-24-21-18(23)7-6-8-19(21)29-22/h6-12H,4-5,13-15H2,1-3H3/p+1. The number of hydrogen-bond acceptors (Lipinski definition) is 4. The minimum absolute atomic E-state index is 0.0406. The number of quaternary nitrogens is 1. The van der Waals surface area contributed by atoms with Gasteiger partial charge in [0, 0.05) is 0 Å². The van der Waals surface area contributed by atoms with Crippen LogP contribution in [0.25, 0.3) is 10.2 Å². The highest BCUT2D eigenvalue weighted by Gasteiger charge is 2.22. The van der Waals surface area contributed by atoms with Gasteiger partial charge in [-0.2, -0.15) is 0 Å². The molecule has 1 amide bonds. The molecule has 5 nitrogen and oxygen atoms in total. The van der Waals surface area contributed by atoms with Crippen molar-refractivity contribution in [2.75, 3.05) is 38.2 Å². The fourth-order valence-corrected chi connectivity index (χ4v) is 4.26. The Labute approximate surface area is 174 Å². The van der Waals surface area contributed by atoms with Crippen LogP contribution in [-0.2, 0) is 11.2 Å². The second-order valence-electron chi connectivity index (χ2n) is 6.86. The van der Waals surface area contributed by atoms with E-state index >= 15 is 0 Å². The third-order valence-corrected chi connectivity index (χ3v) is 6.14.